The van der Waals surface area contributed by atoms with Gasteiger partial charge >= 0.3 is 5.97 Å². The summed E-state index contributed by atoms with van der Waals surface area (Å²) in [6.07, 6.45) is 6.73. The zero-order chi connectivity index (χ0) is 26.1. The molecule has 4 heteroatoms. The predicted molar refractivity (Wildman–Crippen MR) is 139 cm³/mol. The van der Waals surface area contributed by atoms with Crippen LogP contribution in [0.3, 0.4) is 0 Å². The van der Waals surface area contributed by atoms with Gasteiger partial charge in [-0.3, -0.25) is 14.4 Å². The quantitative estimate of drug-likeness (QED) is 0.407. The molecular formula is C31H46O4. The molecule has 0 bridgehead atoms. The molecule has 0 amide bonds. The van der Waals surface area contributed by atoms with Crippen LogP contribution in [-0.4, -0.2) is 22.6 Å². The lowest BCUT2D eigenvalue weighted by atomic mass is 9.43. The molecule has 4 nitrogen and oxygen atoms in total. The number of carboxylic acids is 1. The van der Waals surface area contributed by atoms with E-state index < -0.39 is 17.3 Å². The number of ketones is 2. The summed E-state index contributed by atoms with van der Waals surface area (Å²) < 4.78 is 0. The number of hydrogen-bond acceptors (Lipinski definition) is 3. The van der Waals surface area contributed by atoms with E-state index in [0.717, 1.165) is 49.7 Å². The minimum Gasteiger partial charge on any atom is -0.481 e. The van der Waals surface area contributed by atoms with Gasteiger partial charge in [0.2, 0.25) is 0 Å². The highest BCUT2D eigenvalue weighted by molar-refractivity contribution is 6.00. The lowest BCUT2D eigenvalue weighted by Crippen LogP contribution is -2.56. The zero-order valence-corrected chi connectivity index (χ0v) is 23.1. The molecule has 0 radical (unpaired) electrons. The number of fused-ring (bicyclic) bond motifs is 4. The van der Waals surface area contributed by atoms with Crippen LogP contribution in [0.2, 0.25) is 0 Å². The molecule has 0 aliphatic heterocycles. The lowest BCUT2D eigenvalue weighted by Gasteiger charge is -2.60. The molecule has 6 atom stereocenters. The first-order chi connectivity index (χ1) is 16.1. The molecule has 0 aromatic carbocycles. The van der Waals surface area contributed by atoms with Crippen molar-refractivity contribution in [1.82, 2.24) is 0 Å². The van der Waals surface area contributed by atoms with Crippen LogP contribution in [0.1, 0.15) is 106 Å². The van der Waals surface area contributed by atoms with Crippen molar-refractivity contribution in [2.75, 3.05) is 0 Å². The van der Waals surface area contributed by atoms with Gasteiger partial charge in [0, 0.05) is 29.2 Å². The number of hydrogen-bond donors (Lipinski definition) is 1. The number of aliphatic carboxylic acids is 1. The van der Waals surface area contributed by atoms with Gasteiger partial charge in [-0.15, -0.1) is 0 Å². The van der Waals surface area contributed by atoms with E-state index >= 15 is 0 Å². The molecule has 0 aromatic rings. The Morgan fingerprint density at radius 3 is 2.31 bits per heavy atom. The average molecular weight is 483 g/mol. The first kappa shape index (κ1) is 26.4. The monoisotopic (exact) mass is 482 g/mol. The minimum atomic E-state index is -0.702. The number of Topliss-reactive ketones (excluding diaryl/α,β-unsaturated/α-hetero) is 2. The molecule has 2 saturated carbocycles. The Morgan fingerprint density at radius 2 is 1.71 bits per heavy atom. The fraction of sp³-hybridized carbons (Fsp3) is 0.774. The van der Waals surface area contributed by atoms with Crippen LogP contribution in [0.4, 0.5) is 0 Å². The van der Waals surface area contributed by atoms with Crippen molar-refractivity contribution in [3.05, 3.63) is 23.3 Å². The Bertz CT molecular complexity index is 999. The standard InChI is InChI=1S/C31H46O4/c1-18(2)19(3)9-10-20(27(34)35)21-11-16-31(8)26-22(12-15-30(21,31)7)29(6)14-13-25(33)28(4,5)24(29)17-23(26)32/h18,20-21,24H,3,9-17H2,1-2,4-8H3,(H,34,35)/t20-,21-,24+,29-,30-,31+/m1/s1. The van der Waals surface area contributed by atoms with Crippen LogP contribution in [0.15, 0.2) is 23.3 Å². The molecule has 0 spiro atoms. The van der Waals surface area contributed by atoms with Crippen LogP contribution >= 0.6 is 0 Å². The maximum atomic E-state index is 13.9. The fourth-order valence-corrected chi connectivity index (χ4v) is 8.98. The molecule has 0 saturated heterocycles. The SMILES string of the molecule is C=C(CC[C@@H](C(=O)O)[C@H]1CC[C@@]2(C)C3=C(CC[C@]12C)[C@@]1(C)CCC(=O)C(C)(C)[C@@H]1CC3=O)C(C)C. The number of allylic oxidation sites excluding steroid dienone is 3. The van der Waals surface area contributed by atoms with E-state index in [1.165, 1.54) is 5.57 Å². The highest BCUT2D eigenvalue weighted by Crippen LogP contribution is 2.71. The molecule has 194 valence electrons. The third-order valence-electron chi connectivity index (χ3n) is 11.8. The molecule has 4 rings (SSSR count). The van der Waals surface area contributed by atoms with Crippen molar-refractivity contribution in [2.24, 2.45) is 45.3 Å². The van der Waals surface area contributed by atoms with Crippen LogP contribution in [0.25, 0.3) is 0 Å². The molecule has 0 unspecified atom stereocenters. The van der Waals surface area contributed by atoms with E-state index in [2.05, 4.69) is 41.2 Å². The van der Waals surface area contributed by atoms with E-state index in [4.69, 9.17) is 0 Å². The Kier molecular flexibility index (Phi) is 6.34. The largest absolute Gasteiger partial charge is 0.481 e. The van der Waals surface area contributed by atoms with Gasteiger partial charge in [0.25, 0.3) is 0 Å². The van der Waals surface area contributed by atoms with Gasteiger partial charge in [-0.2, -0.15) is 0 Å². The van der Waals surface area contributed by atoms with Crippen molar-refractivity contribution in [3.63, 3.8) is 0 Å². The summed E-state index contributed by atoms with van der Waals surface area (Å²) >= 11 is 0. The molecular weight excluding hydrogens is 436 g/mol. The van der Waals surface area contributed by atoms with E-state index in [1.54, 1.807) is 0 Å². The normalized spacial score (nSPS) is 39.2. The van der Waals surface area contributed by atoms with Crippen molar-refractivity contribution in [1.29, 1.82) is 0 Å². The average Bonchev–Trinajstić information content (AvgIpc) is 3.04. The Morgan fingerprint density at radius 1 is 1.06 bits per heavy atom. The van der Waals surface area contributed by atoms with E-state index in [9.17, 15) is 19.5 Å². The Labute approximate surface area is 212 Å². The third-order valence-corrected chi connectivity index (χ3v) is 11.8. The van der Waals surface area contributed by atoms with E-state index in [-0.39, 0.29) is 39.6 Å². The van der Waals surface area contributed by atoms with Gasteiger partial charge in [0.1, 0.15) is 5.78 Å². The van der Waals surface area contributed by atoms with Crippen LogP contribution in [0, 0.1) is 45.3 Å². The summed E-state index contributed by atoms with van der Waals surface area (Å²) in [6, 6.07) is 0. The highest BCUT2D eigenvalue weighted by atomic mass is 16.4. The number of carbonyl (C=O) groups is 3. The summed E-state index contributed by atoms with van der Waals surface area (Å²) in [5.74, 6) is -0.130. The topological polar surface area (TPSA) is 71.4 Å². The first-order valence-corrected chi connectivity index (χ1v) is 13.8. The van der Waals surface area contributed by atoms with Crippen LogP contribution in [-0.2, 0) is 14.4 Å². The van der Waals surface area contributed by atoms with Crippen molar-refractivity contribution in [3.8, 4) is 0 Å². The van der Waals surface area contributed by atoms with Crippen molar-refractivity contribution >= 4 is 17.5 Å². The fourth-order valence-electron chi connectivity index (χ4n) is 8.98. The second kappa shape index (κ2) is 8.42. The summed E-state index contributed by atoms with van der Waals surface area (Å²) in [7, 11) is 0. The first-order valence-electron chi connectivity index (χ1n) is 13.8. The molecule has 1 N–H and O–H groups in total. The maximum Gasteiger partial charge on any atom is 0.306 e. The van der Waals surface area contributed by atoms with Gasteiger partial charge in [-0.05, 0) is 73.5 Å². The van der Waals surface area contributed by atoms with Crippen LogP contribution in [0.5, 0.6) is 0 Å². The maximum absolute atomic E-state index is 13.9. The third kappa shape index (κ3) is 3.63. The number of carboxylic acid groups (broad SMARTS) is 1. The lowest BCUT2D eigenvalue weighted by molar-refractivity contribution is -0.147. The van der Waals surface area contributed by atoms with E-state index in [0.29, 0.717) is 25.2 Å². The molecule has 0 aromatic heterocycles. The summed E-state index contributed by atoms with van der Waals surface area (Å²) in [5, 5.41) is 10.3. The van der Waals surface area contributed by atoms with Crippen molar-refractivity contribution in [2.45, 2.75) is 106 Å². The summed E-state index contributed by atoms with van der Waals surface area (Å²) in [6.45, 7) is 19.3. The Hall–Kier alpha value is -1.71. The van der Waals surface area contributed by atoms with Crippen LogP contribution < -0.4 is 0 Å². The molecule has 35 heavy (non-hydrogen) atoms. The van der Waals surface area contributed by atoms with Crippen molar-refractivity contribution < 1.29 is 19.5 Å². The number of rotatable bonds is 6. The predicted octanol–water partition coefficient (Wildman–Crippen LogP) is 7.18. The van der Waals surface area contributed by atoms with Gasteiger partial charge in [-0.25, -0.2) is 0 Å². The smallest absolute Gasteiger partial charge is 0.306 e. The summed E-state index contributed by atoms with van der Waals surface area (Å²) in [4.78, 5) is 39.3. The zero-order valence-electron chi connectivity index (χ0n) is 23.1. The summed E-state index contributed by atoms with van der Waals surface area (Å²) in [5.41, 5.74) is 2.33. The van der Waals surface area contributed by atoms with Gasteiger partial charge in [0.05, 0.1) is 5.92 Å². The van der Waals surface area contributed by atoms with Gasteiger partial charge in [0.15, 0.2) is 5.78 Å². The molecule has 4 aliphatic carbocycles. The second-order valence-corrected chi connectivity index (χ2v) is 13.8. The van der Waals surface area contributed by atoms with E-state index in [1.807, 2.05) is 13.8 Å². The van der Waals surface area contributed by atoms with Gasteiger partial charge < -0.3 is 5.11 Å². The molecule has 0 heterocycles. The molecule has 2 fully saturated rings. The highest BCUT2D eigenvalue weighted by Gasteiger charge is 2.66. The minimum absolute atomic E-state index is 0.0569. The second-order valence-electron chi connectivity index (χ2n) is 13.8. The number of carbonyl (C=O) groups excluding carboxylic acids is 2. The molecule has 4 aliphatic rings. The Balaban J connectivity index is 1.73. The van der Waals surface area contributed by atoms with Gasteiger partial charge in [-0.1, -0.05) is 66.2 Å².